The van der Waals surface area contributed by atoms with Gasteiger partial charge in [0.05, 0.1) is 26.7 Å². The van der Waals surface area contributed by atoms with E-state index in [-0.39, 0.29) is 31.4 Å². The Morgan fingerprint density at radius 3 is 2.30 bits per heavy atom. The van der Waals surface area contributed by atoms with Crippen LogP contribution in [0.3, 0.4) is 0 Å². The van der Waals surface area contributed by atoms with Crippen LogP contribution >= 0.6 is 0 Å². The lowest BCUT2D eigenvalue weighted by Gasteiger charge is -2.34. The third-order valence-corrected chi connectivity index (χ3v) is 3.01. The van der Waals surface area contributed by atoms with Crippen LogP contribution in [0, 0.1) is 0 Å². The van der Waals surface area contributed by atoms with Gasteiger partial charge >= 0.3 is 5.97 Å². The number of nitrogens with zero attached hydrogens (tertiary/aromatic N) is 2. The van der Waals surface area contributed by atoms with Gasteiger partial charge in [0.1, 0.15) is 6.04 Å². The number of hydrogen-bond acceptors (Lipinski definition) is 5. The number of amides is 3. The first-order chi connectivity index (χ1) is 9.38. The second-order valence-corrected chi connectivity index (χ2v) is 4.46. The fourth-order valence-electron chi connectivity index (χ4n) is 1.94. The zero-order chi connectivity index (χ0) is 15.3. The normalized spacial score (nSPS) is 16.9. The Morgan fingerprint density at radius 1 is 1.25 bits per heavy atom. The van der Waals surface area contributed by atoms with Crippen LogP contribution in [0.4, 0.5) is 0 Å². The van der Waals surface area contributed by atoms with Gasteiger partial charge < -0.3 is 19.9 Å². The van der Waals surface area contributed by atoms with Gasteiger partial charge in [-0.15, -0.1) is 0 Å². The lowest BCUT2D eigenvalue weighted by Crippen LogP contribution is -2.58. The first-order valence-electron chi connectivity index (χ1n) is 6.29. The Morgan fingerprint density at radius 2 is 1.80 bits per heavy atom. The van der Waals surface area contributed by atoms with Crippen LogP contribution in [-0.4, -0.2) is 72.8 Å². The van der Waals surface area contributed by atoms with Crippen molar-refractivity contribution in [1.82, 2.24) is 15.1 Å². The Bertz CT molecular complexity index is 423. The van der Waals surface area contributed by atoms with Gasteiger partial charge in [0.2, 0.25) is 17.7 Å². The number of piperazine rings is 1. The molecule has 1 atom stereocenters. The third-order valence-electron chi connectivity index (χ3n) is 3.01. The smallest absolute Gasteiger partial charge is 0.330 e. The van der Waals surface area contributed by atoms with E-state index in [4.69, 9.17) is 0 Å². The fraction of sp³-hybridized carbons (Fsp3) is 0.667. The van der Waals surface area contributed by atoms with E-state index in [1.165, 1.54) is 23.8 Å². The summed E-state index contributed by atoms with van der Waals surface area (Å²) in [5.74, 6) is -1.51. The molecular weight excluding hydrogens is 266 g/mol. The molecule has 1 rings (SSSR count). The highest BCUT2D eigenvalue weighted by atomic mass is 16.5. The summed E-state index contributed by atoms with van der Waals surface area (Å²) in [7, 11) is 1.19. The Labute approximate surface area is 117 Å². The molecule has 0 aromatic rings. The van der Waals surface area contributed by atoms with E-state index in [9.17, 15) is 19.2 Å². The van der Waals surface area contributed by atoms with E-state index in [1.807, 2.05) is 0 Å². The number of esters is 1. The van der Waals surface area contributed by atoms with Gasteiger partial charge in [-0.1, -0.05) is 0 Å². The molecule has 1 saturated heterocycles. The maximum absolute atomic E-state index is 11.9. The van der Waals surface area contributed by atoms with Crippen molar-refractivity contribution in [1.29, 1.82) is 0 Å². The molecule has 20 heavy (non-hydrogen) atoms. The minimum atomic E-state index is -0.970. The fourth-order valence-corrected chi connectivity index (χ4v) is 1.94. The number of nitrogens with one attached hydrogen (secondary N) is 1. The molecule has 8 nitrogen and oxygen atoms in total. The Kier molecular flexibility index (Phi) is 5.48. The third kappa shape index (κ3) is 3.94. The van der Waals surface area contributed by atoms with E-state index in [0.717, 1.165) is 0 Å². The van der Waals surface area contributed by atoms with Crippen LogP contribution in [-0.2, 0) is 23.9 Å². The molecule has 1 fully saturated rings. The van der Waals surface area contributed by atoms with E-state index >= 15 is 0 Å². The SMILES string of the molecule is CCN1CC(=O)N(CC(NC(C)=O)C(=O)OC)CC1=O. The number of ether oxygens (including phenoxy) is 1. The van der Waals surface area contributed by atoms with Gasteiger partial charge in [-0.25, -0.2) is 4.79 Å². The number of carbonyl (C=O) groups is 4. The molecule has 0 aromatic carbocycles. The first-order valence-corrected chi connectivity index (χ1v) is 6.29. The van der Waals surface area contributed by atoms with Crippen molar-refractivity contribution in [3.8, 4) is 0 Å². The van der Waals surface area contributed by atoms with Crippen molar-refractivity contribution in [2.45, 2.75) is 19.9 Å². The molecule has 0 spiro atoms. The van der Waals surface area contributed by atoms with E-state index in [0.29, 0.717) is 6.54 Å². The number of methoxy groups -OCH3 is 1. The van der Waals surface area contributed by atoms with Crippen LogP contribution in [0.1, 0.15) is 13.8 Å². The predicted octanol–water partition coefficient (Wildman–Crippen LogP) is -1.65. The average molecular weight is 285 g/mol. The summed E-state index contributed by atoms with van der Waals surface area (Å²) in [6.07, 6.45) is 0. The summed E-state index contributed by atoms with van der Waals surface area (Å²) in [4.78, 5) is 49.0. The second kappa shape index (κ2) is 6.88. The van der Waals surface area contributed by atoms with Crippen molar-refractivity contribution in [2.75, 3.05) is 33.3 Å². The van der Waals surface area contributed by atoms with Gasteiger partial charge in [-0.2, -0.15) is 0 Å². The van der Waals surface area contributed by atoms with Crippen molar-refractivity contribution >= 4 is 23.7 Å². The van der Waals surface area contributed by atoms with Crippen molar-refractivity contribution in [2.24, 2.45) is 0 Å². The average Bonchev–Trinajstić information content (AvgIpc) is 2.40. The number of likely N-dealkylation sites (N-methyl/N-ethyl adjacent to an activating group) is 1. The molecule has 0 bridgehead atoms. The minimum Gasteiger partial charge on any atom is -0.467 e. The quantitative estimate of drug-likeness (QED) is 0.611. The number of carbonyl (C=O) groups excluding carboxylic acids is 4. The van der Waals surface area contributed by atoms with Crippen molar-refractivity contribution in [3.63, 3.8) is 0 Å². The van der Waals surface area contributed by atoms with Crippen molar-refractivity contribution in [3.05, 3.63) is 0 Å². The summed E-state index contributed by atoms with van der Waals surface area (Å²) in [6, 6.07) is -0.970. The first kappa shape index (κ1) is 15.9. The maximum atomic E-state index is 11.9. The van der Waals surface area contributed by atoms with E-state index in [1.54, 1.807) is 6.92 Å². The monoisotopic (exact) mass is 285 g/mol. The summed E-state index contributed by atoms with van der Waals surface area (Å²) in [5, 5.41) is 2.41. The lowest BCUT2D eigenvalue weighted by atomic mass is 10.2. The molecule has 1 unspecified atom stereocenters. The number of hydrogen-bond donors (Lipinski definition) is 1. The van der Waals surface area contributed by atoms with Crippen molar-refractivity contribution < 1.29 is 23.9 Å². The highest BCUT2D eigenvalue weighted by Crippen LogP contribution is 2.06. The Balaban J connectivity index is 2.73. The van der Waals surface area contributed by atoms with Gasteiger partial charge in [0, 0.05) is 13.5 Å². The molecule has 0 radical (unpaired) electrons. The van der Waals surface area contributed by atoms with Gasteiger partial charge in [-0.05, 0) is 6.92 Å². The highest BCUT2D eigenvalue weighted by molar-refractivity contribution is 5.93. The van der Waals surface area contributed by atoms with Gasteiger partial charge in [0.25, 0.3) is 0 Å². The topological polar surface area (TPSA) is 96.0 Å². The summed E-state index contributed by atoms with van der Waals surface area (Å²) in [6.45, 7) is 3.33. The molecule has 1 aliphatic heterocycles. The van der Waals surface area contributed by atoms with Crippen LogP contribution in [0.2, 0.25) is 0 Å². The zero-order valence-corrected chi connectivity index (χ0v) is 11.8. The van der Waals surface area contributed by atoms with E-state index < -0.39 is 17.9 Å². The lowest BCUT2D eigenvalue weighted by molar-refractivity contribution is -0.153. The summed E-state index contributed by atoms with van der Waals surface area (Å²) >= 11 is 0. The second-order valence-electron chi connectivity index (χ2n) is 4.46. The molecule has 1 N–H and O–H groups in total. The van der Waals surface area contributed by atoms with Crippen LogP contribution < -0.4 is 5.32 Å². The molecule has 0 aromatic heterocycles. The number of rotatable bonds is 5. The van der Waals surface area contributed by atoms with Gasteiger partial charge in [-0.3, -0.25) is 14.4 Å². The molecule has 0 saturated carbocycles. The zero-order valence-electron chi connectivity index (χ0n) is 11.8. The molecule has 3 amide bonds. The highest BCUT2D eigenvalue weighted by Gasteiger charge is 2.32. The summed E-state index contributed by atoms with van der Waals surface area (Å²) < 4.78 is 4.57. The molecule has 8 heteroatoms. The standard InChI is InChI=1S/C12H19N3O5/c1-4-14-6-11(18)15(7-10(14)17)5-9(12(19)20-3)13-8(2)16/h9H,4-7H2,1-3H3,(H,13,16). The van der Waals surface area contributed by atoms with E-state index in [2.05, 4.69) is 10.1 Å². The largest absolute Gasteiger partial charge is 0.467 e. The molecule has 0 aliphatic carbocycles. The molecule has 112 valence electrons. The predicted molar refractivity (Wildman–Crippen MR) is 68.5 cm³/mol. The molecular formula is C12H19N3O5. The van der Waals surface area contributed by atoms with Gasteiger partial charge in [0.15, 0.2) is 0 Å². The van der Waals surface area contributed by atoms with Crippen LogP contribution in [0.5, 0.6) is 0 Å². The van der Waals surface area contributed by atoms with Crippen LogP contribution in [0.15, 0.2) is 0 Å². The summed E-state index contributed by atoms with van der Waals surface area (Å²) in [5.41, 5.74) is 0. The molecule has 1 heterocycles. The Hall–Kier alpha value is -2.12. The molecule has 1 aliphatic rings. The maximum Gasteiger partial charge on any atom is 0.330 e. The minimum absolute atomic E-state index is 0.0106. The van der Waals surface area contributed by atoms with Crippen LogP contribution in [0.25, 0.3) is 0 Å².